The number of benzene rings is 5. The van der Waals surface area contributed by atoms with Crippen molar-refractivity contribution in [3.05, 3.63) is 134 Å². The van der Waals surface area contributed by atoms with Gasteiger partial charge in [-0.1, -0.05) is 0 Å². The third kappa shape index (κ3) is 3.75. The first-order valence-electron chi connectivity index (χ1n) is 11.3. The van der Waals surface area contributed by atoms with Crippen molar-refractivity contribution in [2.75, 3.05) is 0 Å². The van der Waals surface area contributed by atoms with Gasteiger partial charge in [-0.3, -0.25) is 0 Å². The summed E-state index contributed by atoms with van der Waals surface area (Å²) in [4.78, 5) is 4.65. The van der Waals surface area contributed by atoms with E-state index >= 15 is 0 Å². The molecule has 0 N–H and O–H groups in total. The van der Waals surface area contributed by atoms with Crippen LogP contribution < -0.4 is 15.9 Å². The monoisotopic (exact) mass is 519 g/mol. The van der Waals surface area contributed by atoms with Gasteiger partial charge < -0.3 is 0 Å². The number of aromatic nitrogens is 1. The van der Waals surface area contributed by atoms with Crippen molar-refractivity contribution in [1.82, 2.24) is 4.98 Å². The minimum absolute atomic E-state index is 1.02. The Morgan fingerprint density at radius 2 is 1.09 bits per heavy atom. The Bertz CT molecular complexity index is 1670. The van der Waals surface area contributed by atoms with E-state index < -0.39 is 5.51 Å². The molecule has 0 aliphatic carbocycles. The van der Waals surface area contributed by atoms with Crippen LogP contribution in [0, 0.1) is 0 Å². The van der Waals surface area contributed by atoms with Crippen LogP contribution in [0.25, 0.3) is 32.8 Å². The molecule has 0 aliphatic heterocycles. The fourth-order valence-electron chi connectivity index (χ4n) is 4.55. The van der Waals surface area contributed by atoms with Crippen molar-refractivity contribution in [2.45, 2.75) is 0 Å². The molecule has 0 aliphatic rings. The molecule has 0 radical (unpaired) electrons. The molecule has 0 bridgehead atoms. The Balaban J connectivity index is 1.48. The van der Waals surface area contributed by atoms with Crippen LogP contribution in [0.15, 0.2) is 134 Å². The Hall–Kier alpha value is -3.28. The van der Waals surface area contributed by atoms with Gasteiger partial charge in [0.2, 0.25) is 0 Å². The second kappa shape index (κ2) is 8.82. The van der Waals surface area contributed by atoms with Crippen LogP contribution >= 0.6 is 5.51 Å². The summed E-state index contributed by atoms with van der Waals surface area (Å²) in [5, 5.41) is 7.71. The van der Waals surface area contributed by atoms with Gasteiger partial charge in [-0.25, -0.2) is 0 Å². The molecule has 0 saturated heterocycles. The van der Waals surface area contributed by atoms with Gasteiger partial charge in [0, 0.05) is 0 Å². The zero-order chi connectivity index (χ0) is 23.0. The third-order valence-electron chi connectivity index (χ3n) is 6.37. The van der Waals surface area contributed by atoms with Crippen molar-refractivity contribution in [2.24, 2.45) is 0 Å². The molecule has 1 nitrogen and oxygen atoms in total. The molecule has 1 heterocycles. The molecular weight excluding hydrogens is 496 g/mol. The van der Waals surface area contributed by atoms with Gasteiger partial charge in [0.05, 0.1) is 0 Å². The van der Waals surface area contributed by atoms with Gasteiger partial charge in [-0.2, -0.15) is 0 Å². The van der Waals surface area contributed by atoms with E-state index in [-0.39, 0.29) is 0 Å². The summed E-state index contributed by atoms with van der Waals surface area (Å²) in [5.74, 6) is 0. The Labute approximate surface area is 207 Å². The summed E-state index contributed by atoms with van der Waals surface area (Å²) in [6.45, 7) is 0. The van der Waals surface area contributed by atoms with Gasteiger partial charge in [-0.15, -0.1) is 0 Å². The van der Waals surface area contributed by atoms with Crippen molar-refractivity contribution < 1.29 is 0 Å². The predicted octanol–water partition coefficient (Wildman–Crippen LogP) is 6.43. The number of para-hydroxylation sites is 1. The molecular formula is C31H22NPSe. The average molecular weight is 518 g/mol. The second-order valence-corrected chi connectivity index (χ2v) is 14.7. The van der Waals surface area contributed by atoms with Crippen molar-refractivity contribution in [3.63, 3.8) is 0 Å². The molecule has 34 heavy (non-hydrogen) atoms. The van der Waals surface area contributed by atoms with E-state index in [9.17, 15) is 0 Å². The molecule has 6 aromatic rings. The van der Waals surface area contributed by atoms with E-state index in [4.69, 9.17) is 0 Å². The van der Waals surface area contributed by atoms with Gasteiger partial charge in [-0.05, 0) is 0 Å². The Morgan fingerprint density at radius 1 is 0.471 bits per heavy atom. The van der Waals surface area contributed by atoms with Crippen LogP contribution in [-0.2, 0) is 0 Å². The standard InChI is InChI=1S/C31H22NPSe/c34-33(28-11-2-1-3-12-28,30-19-16-23-8-4-5-9-25(23)21-30)29-17-14-24(15-18-29)27-20-26-10-6-7-13-31(26)32-22-27/h1-22H. The molecule has 1 unspecified atom stereocenters. The van der Waals surface area contributed by atoms with E-state index in [1.807, 2.05) is 12.3 Å². The van der Waals surface area contributed by atoms with Crippen molar-refractivity contribution >= 4 is 58.2 Å². The van der Waals surface area contributed by atoms with Gasteiger partial charge in [0.1, 0.15) is 0 Å². The number of hydrogen-bond donors (Lipinski definition) is 0. The molecule has 5 aromatic carbocycles. The summed E-state index contributed by atoms with van der Waals surface area (Å²) in [6, 6.07) is 45.9. The molecule has 0 saturated carbocycles. The number of fused-ring (bicyclic) bond motifs is 2. The van der Waals surface area contributed by atoms with Crippen LogP contribution in [0.4, 0.5) is 0 Å². The fourth-order valence-corrected chi connectivity index (χ4v) is 9.46. The number of hydrogen-bond acceptors (Lipinski definition) is 1. The normalized spacial score (nSPS) is 13.1. The molecule has 1 aromatic heterocycles. The quantitative estimate of drug-likeness (QED) is 0.194. The Morgan fingerprint density at radius 3 is 1.88 bits per heavy atom. The summed E-state index contributed by atoms with van der Waals surface area (Å²) in [6.07, 6.45) is 1.97. The number of pyridine rings is 1. The van der Waals surface area contributed by atoms with Crippen LogP contribution in [0.3, 0.4) is 0 Å². The maximum absolute atomic E-state index is 4.65. The first-order chi connectivity index (χ1) is 16.7. The SMILES string of the molecule is [Se]=P(c1ccccc1)(c1ccc(-c2cnc3ccccc3c2)cc1)c1ccc2ccccc2c1. The van der Waals surface area contributed by atoms with Gasteiger partial charge in [0.15, 0.2) is 0 Å². The molecule has 0 amide bonds. The fraction of sp³-hybridized carbons (Fsp3) is 0. The Kier molecular flexibility index (Phi) is 5.52. The minimum atomic E-state index is -1.92. The van der Waals surface area contributed by atoms with E-state index in [2.05, 4.69) is 141 Å². The predicted molar refractivity (Wildman–Crippen MR) is 149 cm³/mol. The van der Waals surface area contributed by atoms with E-state index in [1.165, 1.54) is 32.2 Å². The summed E-state index contributed by atoms with van der Waals surface area (Å²) in [7, 11) is 0. The number of nitrogens with zero attached hydrogens (tertiary/aromatic N) is 1. The topological polar surface area (TPSA) is 12.9 Å². The van der Waals surface area contributed by atoms with Crippen LogP contribution in [0.5, 0.6) is 0 Å². The van der Waals surface area contributed by atoms with Crippen LogP contribution in [0.2, 0.25) is 0 Å². The van der Waals surface area contributed by atoms with E-state index in [0.717, 1.165) is 16.5 Å². The average Bonchev–Trinajstić information content (AvgIpc) is 2.92. The first kappa shape index (κ1) is 21.3. The summed E-state index contributed by atoms with van der Waals surface area (Å²) >= 11 is 3.69. The molecule has 3 heteroatoms. The third-order valence-corrected chi connectivity index (χ3v) is 13.4. The zero-order valence-electron chi connectivity index (χ0n) is 18.5. The van der Waals surface area contributed by atoms with Crippen LogP contribution in [0.1, 0.15) is 0 Å². The zero-order valence-corrected chi connectivity index (χ0v) is 21.1. The molecule has 0 spiro atoms. The first-order valence-corrected chi connectivity index (χ1v) is 15.3. The maximum atomic E-state index is 4.65. The van der Waals surface area contributed by atoms with Gasteiger partial charge in [0.25, 0.3) is 0 Å². The van der Waals surface area contributed by atoms with Crippen molar-refractivity contribution in [1.29, 1.82) is 0 Å². The van der Waals surface area contributed by atoms with E-state index in [1.54, 1.807) is 0 Å². The summed E-state index contributed by atoms with van der Waals surface area (Å²) in [5.41, 5.74) is 1.42. The molecule has 1 atom stereocenters. The molecule has 0 fully saturated rings. The van der Waals surface area contributed by atoms with Crippen LogP contribution in [-0.4, -0.2) is 20.1 Å². The van der Waals surface area contributed by atoms with Gasteiger partial charge >= 0.3 is 208 Å². The molecule has 6 rings (SSSR count). The molecule has 162 valence electrons. The number of rotatable bonds is 4. The van der Waals surface area contributed by atoms with E-state index in [0.29, 0.717) is 0 Å². The van der Waals surface area contributed by atoms with Crippen molar-refractivity contribution in [3.8, 4) is 11.1 Å². The second-order valence-electron chi connectivity index (χ2n) is 8.44. The summed E-state index contributed by atoms with van der Waals surface area (Å²) < 4.78 is 0.